The number of hydrogen-bond donors (Lipinski definition) is 2. The molecular weight excluding hydrogens is 471 g/mol. The van der Waals surface area contributed by atoms with Gasteiger partial charge in [-0.3, -0.25) is 14.6 Å². The molecule has 1 heterocycles. The van der Waals surface area contributed by atoms with Gasteiger partial charge in [0.25, 0.3) is 5.91 Å². The van der Waals surface area contributed by atoms with Crippen LogP contribution >= 0.6 is 23.2 Å². The number of benzene rings is 2. The summed E-state index contributed by atoms with van der Waals surface area (Å²) >= 11 is 12.6. The third-order valence-corrected chi connectivity index (χ3v) is 7.21. The Morgan fingerprint density at radius 1 is 1.06 bits per heavy atom. The lowest BCUT2D eigenvalue weighted by Crippen LogP contribution is -2.45. The number of anilines is 1. The maximum Gasteiger partial charge on any atom is 0.268 e. The summed E-state index contributed by atoms with van der Waals surface area (Å²) in [6.45, 7) is 4.24. The number of carbonyl (C=O) groups is 2. The Morgan fingerprint density at radius 3 is 2.32 bits per heavy atom. The van der Waals surface area contributed by atoms with Crippen LogP contribution in [-0.4, -0.2) is 23.6 Å². The monoisotopic (exact) mass is 500 g/mol. The van der Waals surface area contributed by atoms with Crippen molar-refractivity contribution in [2.24, 2.45) is 16.8 Å². The SMILES string of the molecule is CC(C)c1ccc(C2C(C(N)=O)C(C(=O)NC3CCCCC3)=NN2c2ccc(Cl)cc2Cl)cc1. The van der Waals surface area contributed by atoms with Crippen molar-refractivity contribution in [3.05, 3.63) is 63.6 Å². The van der Waals surface area contributed by atoms with Crippen LogP contribution in [0.4, 0.5) is 5.69 Å². The number of rotatable bonds is 6. The van der Waals surface area contributed by atoms with Gasteiger partial charge in [0.05, 0.1) is 16.8 Å². The number of primary amides is 1. The second-order valence-electron chi connectivity index (χ2n) is 9.38. The predicted molar refractivity (Wildman–Crippen MR) is 137 cm³/mol. The lowest BCUT2D eigenvalue weighted by molar-refractivity contribution is -0.122. The zero-order valence-corrected chi connectivity index (χ0v) is 20.9. The van der Waals surface area contributed by atoms with Crippen LogP contribution in [0.1, 0.15) is 69.0 Å². The van der Waals surface area contributed by atoms with Crippen molar-refractivity contribution < 1.29 is 9.59 Å². The van der Waals surface area contributed by atoms with Gasteiger partial charge in [-0.1, -0.05) is 80.6 Å². The molecule has 1 aliphatic heterocycles. The molecule has 34 heavy (non-hydrogen) atoms. The van der Waals surface area contributed by atoms with Gasteiger partial charge in [-0.25, -0.2) is 0 Å². The zero-order chi connectivity index (χ0) is 24.4. The maximum absolute atomic E-state index is 13.3. The lowest BCUT2D eigenvalue weighted by atomic mass is 9.87. The fraction of sp³-hybridized carbons (Fsp3) is 0.423. The van der Waals surface area contributed by atoms with E-state index >= 15 is 0 Å². The molecule has 1 fully saturated rings. The van der Waals surface area contributed by atoms with Crippen LogP contribution in [0.5, 0.6) is 0 Å². The minimum absolute atomic E-state index is 0.0782. The zero-order valence-electron chi connectivity index (χ0n) is 19.4. The van der Waals surface area contributed by atoms with Crippen molar-refractivity contribution >= 4 is 46.4 Å². The van der Waals surface area contributed by atoms with Gasteiger partial charge in [0.2, 0.25) is 5.91 Å². The number of carbonyl (C=O) groups excluding carboxylic acids is 2. The van der Waals surface area contributed by atoms with Crippen LogP contribution in [-0.2, 0) is 9.59 Å². The molecule has 6 nitrogen and oxygen atoms in total. The highest BCUT2D eigenvalue weighted by Gasteiger charge is 2.46. The van der Waals surface area contributed by atoms with Crippen molar-refractivity contribution in [1.29, 1.82) is 0 Å². The summed E-state index contributed by atoms with van der Waals surface area (Å²) in [5.74, 6) is -1.53. The third-order valence-electron chi connectivity index (χ3n) is 6.67. The van der Waals surface area contributed by atoms with E-state index in [-0.39, 0.29) is 17.7 Å². The average Bonchev–Trinajstić information content (AvgIpc) is 3.20. The van der Waals surface area contributed by atoms with Gasteiger partial charge >= 0.3 is 0 Å². The molecule has 2 aromatic carbocycles. The molecule has 0 saturated heterocycles. The van der Waals surface area contributed by atoms with E-state index in [0.717, 1.165) is 31.2 Å². The summed E-state index contributed by atoms with van der Waals surface area (Å²) in [5, 5.41) is 10.2. The first-order chi connectivity index (χ1) is 16.3. The van der Waals surface area contributed by atoms with Gasteiger partial charge < -0.3 is 11.1 Å². The summed E-state index contributed by atoms with van der Waals surface area (Å²) in [5.41, 5.74) is 8.55. The highest BCUT2D eigenvalue weighted by atomic mass is 35.5. The van der Waals surface area contributed by atoms with Crippen molar-refractivity contribution in [1.82, 2.24) is 5.32 Å². The lowest BCUT2D eigenvalue weighted by Gasteiger charge is -2.28. The molecule has 2 aliphatic rings. The molecular formula is C26H30Cl2N4O2. The average molecular weight is 501 g/mol. The molecule has 0 aromatic heterocycles. The van der Waals surface area contributed by atoms with E-state index in [2.05, 4.69) is 24.3 Å². The van der Waals surface area contributed by atoms with E-state index in [4.69, 9.17) is 28.9 Å². The van der Waals surface area contributed by atoms with E-state index in [9.17, 15) is 9.59 Å². The highest BCUT2D eigenvalue weighted by Crippen LogP contribution is 2.42. The maximum atomic E-state index is 13.3. The number of hydrazone groups is 1. The van der Waals surface area contributed by atoms with Crippen LogP contribution in [0.25, 0.3) is 0 Å². The fourth-order valence-electron chi connectivity index (χ4n) is 4.80. The van der Waals surface area contributed by atoms with Crippen LogP contribution in [0.15, 0.2) is 47.6 Å². The molecule has 8 heteroatoms. The third kappa shape index (κ3) is 5.08. The number of hydrogen-bond acceptors (Lipinski definition) is 4. The van der Waals surface area contributed by atoms with Gasteiger partial charge in [0.1, 0.15) is 11.6 Å². The van der Waals surface area contributed by atoms with Gasteiger partial charge in [0, 0.05) is 11.1 Å². The number of halogens is 2. The van der Waals surface area contributed by atoms with Crippen LogP contribution in [0.3, 0.4) is 0 Å². The Morgan fingerprint density at radius 2 is 1.74 bits per heavy atom. The Kier molecular flexibility index (Phi) is 7.48. The second kappa shape index (κ2) is 10.4. The molecule has 2 atom stereocenters. The highest BCUT2D eigenvalue weighted by molar-refractivity contribution is 6.44. The Hall–Kier alpha value is -2.57. The van der Waals surface area contributed by atoms with Crippen LogP contribution in [0.2, 0.25) is 10.0 Å². The number of nitrogens with two attached hydrogens (primary N) is 1. The topological polar surface area (TPSA) is 87.8 Å². The molecule has 4 rings (SSSR count). The standard InChI is InChI=1S/C26H30Cl2N4O2/c1-15(2)16-8-10-17(11-9-16)24-22(25(29)33)23(26(34)30-19-6-4-3-5-7-19)31-32(24)21-13-12-18(27)14-20(21)28/h8-15,19,22,24H,3-7H2,1-2H3,(H2,29,33)(H,30,34). The Bertz CT molecular complexity index is 1090. The molecule has 1 aliphatic carbocycles. The predicted octanol–water partition coefficient (Wildman–Crippen LogP) is 5.58. The molecule has 2 amide bonds. The van der Waals surface area contributed by atoms with Crippen molar-refractivity contribution in [2.75, 3.05) is 5.01 Å². The molecule has 0 radical (unpaired) electrons. The quantitative estimate of drug-likeness (QED) is 0.542. The molecule has 0 bridgehead atoms. The van der Waals surface area contributed by atoms with E-state index in [1.54, 1.807) is 23.2 Å². The number of nitrogens with one attached hydrogen (secondary N) is 1. The molecule has 1 saturated carbocycles. The molecule has 0 spiro atoms. The fourth-order valence-corrected chi connectivity index (χ4v) is 5.29. The first-order valence-electron chi connectivity index (χ1n) is 11.8. The van der Waals surface area contributed by atoms with Crippen molar-refractivity contribution in [3.63, 3.8) is 0 Å². The summed E-state index contributed by atoms with van der Waals surface area (Å²) in [4.78, 5) is 26.1. The molecule has 2 aromatic rings. The normalized spacial score (nSPS) is 21.0. The van der Waals surface area contributed by atoms with Gasteiger partial charge in [-0.05, 0) is 48.1 Å². The number of amides is 2. The Balaban J connectivity index is 1.76. The Labute approximate surface area is 210 Å². The minimum Gasteiger partial charge on any atom is -0.369 e. The van der Waals surface area contributed by atoms with E-state index in [1.165, 1.54) is 12.0 Å². The summed E-state index contributed by atoms with van der Waals surface area (Å²) in [7, 11) is 0. The summed E-state index contributed by atoms with van der Waals surface area (Å²) in [6.07, 6.45) is 5.18. The first kappa shape index (κ1) is 24.6. The summed E-state index contributed by atoms with van der Waals surface area (Å²) < 4.78 is 0. The molecule has 180 valence electrons. The van der Waals surface area contributed by atoms with Gasteiger partial charge in [-0.2, -0.15) is 5.10 Å². The summed E-state index contributed by atoms with van der Waals surface area (Å²) in [6, 6.07) is 12.5. The van der Waals surface area contributed by atoms with Crippen LogP contribution in [0, 0.1) is 5.92 Å². The molecule has 2 unspecified atom stereocenters. The second-order valence-corrected chi connectivity index (χ2v) is 10.2. The first-order valence-corrected chi connectivity index (χ1v) is 12.5. The van der Waals surface area contributed by atoms with Crippen molar-refractivity contribution in [3.8, 4) is 0 Å². The molecule has 3 N–H and O–H groups in total. The number of nitrogens with zero attached hydrogens (tertiary/aromatic N) is 2. The van der Waals surface area contributed by atoms with E-state index in [1.807, 2.05) is 24.3 Å². The van der Waals surface area contributed by atoms with E-state index in [0.29, 0.717) is 21.7 Å². The smallest absolute Gasteiger partial charge is 0.268 e. The van der Waals surface area contributed by atoms with Crippen molar-refractivity contribution in [2.45, 2.75) is 64.0 Å². The minimum atomic E-state index is -0.930. The van der Waals surface area contributed by atoms with Gasteiger partial charge in [-0.15, -0.1) is 0 Å². The van der Waals surface area contributed by atoms with Gasteiger partial charge in [0.15, 0.2) is 0 Å². The van der Waals surface area contributed by atoms with E-state index < -0.39 is 17.9 Å². The largest absolute Gasteiger partial charge is 0.369 e. The van der Waals surface area contributed by atoms with Crippen LogP contribution < -0.4 is 16.1 Å².